The molecule has 2 rings (SSSR count). The van der Waals surface area contributed by atoms with E-state index in [1.54, 1.807) is 7.11 Å². The molecular weight excluding hydrogens is 320 g/mol. The van der Waals surface area contributed by atoms with Crippen molar-refractivity contribution in [2.45, 2.75) is 6.92 Å². The van der Waals surface area contributed by atoms with Crippen molar-refractivity contribution in [3.05, 3.63) is 41.3 Å². The average Bonchev–Trinajstić information content (AvgIpc) is 2.96. The summed E-state index contributed by atoms with van der Waals surface area (Å²) in [5.74, 6) is 0.539. The second-order valence-electron chi connectivity index (χ2n) is 4.48. The van der Waals surface area contributed by atoms with E-state index in [1.165, 1.54) is 11.3 Å². The highest BCUT2D eigenvalue weighted by molar-refractivity contribution is 7.17. The van der Waals surface area contributed by atoms with Crippen LogP contribution in [0.4, 0.5) is 0 Å². The standard InChI is InChI=1S/C16H20N2O2S.ClH/c1-3-17-9-10-18-16(19)15-13(20-2)11-14(21-15)12-7-5-4-6-8-12;/h4-8,11,17H,3,9-10H2,1-2H3,(H,18,19);1H. The van der Waals surface area contributed by atoms with Gasteiger partial charge < -0.3 is 15.4 Å². The third kappa shape index (κ3) is 4.73. The quantitative estimate of drug-likeness (QED) is 0.761. The van der Waals surface area contributed by atoms with Gasteiger partial charge in [-0.2, -0.15) is 0 Å². The van der Waals surface area contributed by atoms with Crippen molar-refractivity contribution in [1.29, 1.82) is 0 Å². The maximum absolute atomic E-state index is 12.2. The number of methoxy groups -OCH3 is 1. The molecule has 0 unspecified atom stereocenters. The molecule has 0 fully saturated rings. The van der Waals surface area contributed by atoms with Gasteiger partial charge in [0.05, 0.1) is 7.11 Å². The van der Waals surface area contributed by atoms with Crippen LogP contribution in [-0.4, -0.2) is 32.7 Å². The summed E-state index contributed by atoms with van der Waals surface area (Å²) in [7, 11) is 1.59. The number of halogens is 1. The van der Waals surface area contributed by atoms with Gasteiger partial charge in [0.25, 0.3) is 5.91 Å². The lowest BCUT2D eigenvalue weighted by molar-refractivity contribution is 0.0955. The minimum absolute atomic E-state index is 0. The van der Waals surface area contributed by atoms with Crippen molar-refractivity contribution in [3.63, 3.8) is 0 Å². The summed E-state index contributed by atoms with van der Waals surface area (Å²) >= 11 is 1.45. The van der Waals surface area contributed by atoms with E-state index >= 15 is 0 Å². The highest BCUT2D eigenvalue weighted by Gasteiger charge is 2.17. The van der Waals surface area contributed by atoms with E-state index in [4.69, 9.17) is 4.74 Å². The SMILES string of the molecule is CCNCCNC(=O)c1sc(-c2ccccc2)cc1OC.Cl. The fraction of sp³-hybridized carbons (Fsp3) is 0.312. The van der Waals surface area contributed by atoms with Crippen molar-refractivity contribution in [3.8, 4) is 16.2 Å². The van der Waals surface area contributed by atoms with Crippen LogP contribution in [0.25, 0.3) is 10.4 Å². The Hall–Kier alpha value is -1.56. The molecule has 0 aliphatic rings. The number of nitrogens with one attached hydrogen (secondary N) is 2. The van der Waals surface area contributed by atoms with Gasteiger partial charge in [0.2, 0.25) is 0 Å². The first-order chi connectivity index (χ1) is 10.3. The summed E-state index contributed by atoms with van der Waals surface area (Å²) < 4.78 is 5.33. The number of hydrogen-bond donors (Lipinski definition) is 2. The van der Waals surface area contributed by atoms with Gasteiger partial charge in [-0.25, -0.2) is 0 Å². The number of thiophene rings is 1. The smallest absolute Gasteiger partial charge is 0.265 e. The first kappa shape index (κ1) is 18.5. The molecule has 0 aliphatic heterocycles. The lowest BCUT2D eigenvalue weighted by Crippen LogP contribution is -2.31. The van der Waals surface area contributed by atoms with Crippen molar-refractivity contribution in [2.75, 3.05) is 26.7 Å². The maximum Gasteiger partial charge on any atom is 0.265 e. The molecule has 0 atom stereocenters. The number of benzene rings is 1. The van der Waals surface area contributed by atoms with Gasteiger partial charge in [-0.1, -0.05) is 37.3 Å². The molecular formula is C16H21ClN2O2S. The first-order valence-corrected chi connectivity index (χ1v) is 7.80. The van der Waals surface area contributed by atoms with Gasteiger partial charge >= 0.3 is 0 Å². The monoisotopic (exact) mass is 340 g/mol. The topological polar surface area (TPSA) is 50.4 Å². The predicted octanol–water partition coefficient (Wildman–Crippen LogP) is 3.18. The Morgan fingerprint density at radius 2 is 1.95 bits per heavy atom. The molecule has 0 saturated heterocycles. The zero-order valence-electron chi connectivity index (χ0n) is 12.7. The second kappa shape index (κ2) is 9.46. The Balaban J connectivity index is 0.00000242. The molecule has 1 aromatic heterocycles. The molecule has 1 heterocycles. The van der Waals surface area contributed by atoms with Crippen molar-refractivity contribution >= 4 is 29.7 Å². The lowest BCUT2D eigenvalue weighted by atomic mass is 10.2. The van der Waals surface area contributed by atoms with Crippen molar-refractivity contribution < 1.29 is 9.53 Å². The molecule has 1 aromatic carbocycles. The predicted molar refractivity (Wildman–Crippen MR) is 94.4 cm³/mol. The molecule has 1 amide bonds. The number of rotatable bonds is 7. The largest absolute Gasteiger partial charge is 0.495 e. The maximum atomic E-state index is 12.2. The summed E-state index contributed by atoms with van der Waals surface area (Å²) in [6, 6.07) is 11.9. The van der Waals surface area contributed by atoms with E-state index in [-0.39, 0.29) is 18.3 Å². The molecule has 0 saturated carbocycles. The van der Waals surface area contributed by atoms with Crippen LogP contribution >= 0.6 is 23.7 Å². The number of carbonyl (C=O) groups excluding carboxylic acids is 1. The molecule has 0 aliphatic carbocycles. The Kier molecular flexibility index (Phi) is 7.95. The zero-order chi connectivity index (χ0) is 15.1. The fourth-order valence-corrected chi connectivity index (χ4v) is 3.00. The van der Waals surface area contributed by atoms with E-state index in [9.17, 15) is 4.79 Å². The molecule has 6 heteroatoms. The van der Waals surface area contributed by atoms with Crippen LogP contribution in [0.3, 0.4) is 0 Å². The van der Waals surface area contributed by atoms with Crippen molar-refractivity contribution in [1.82, 2.24) is 10.6 Å². The van der Waals surface area contributed by atoms with Gasteiger partial charge in [-0.3, -0.25) is 4.79 Å². The van der Waals surface area contributed by atoms with Gasteiger partial charge in [-0.15, -0.1) is 23.7 Å². The number of ether oxygens (including phenoxy) is 1. The molecule has 4 nitrogen and oxygen atoms in total. The third-order valence-corrected chi connectivity index (χ3v) is 4.18. The number of hydrogen-bond acceptors (Lipinski definition) is 4. The number of carbonyl (C=O) groups is 1. The zero-order valence-corrected chi connectivity index (χ0v) is 14.4. The van der Waals surface area contributed by atoms with E-state index in [1.807, 2.05) is 43.3 Å². The van der Waals surface area contributed by atoms with E-state index in [0.29, 0.717) is 17.2 Å². The minimum Gasteiger partial charge on any atom is -0.495 e. The summed E-state index contributed by atoms with van der Waals surface area (Å²) in [5, 5.41) is 6.07. The number of likely N-dealkylation sites (N-methyl/N-ethyl adjacent to an activating group) is 1. The number of amides is 1. The molecule has 0 spiro atoms. The summed E-state index contributed by atoms with van der Waals surface area (Å²) in [5.41, 5.74) is 1.09. The molecule has 2 N–H and O–H groups in total. The second-order valence-corrected chi connectivity index (χ2v) is 5.54. The van der Waals surface area contributed by atoms with Gasteiger partial charge in [0, 0.05) is 18.0 Å². The van der Waals surface area contributed by atoms with Crippen LogP contribution in [0.5, 0.6) is 5.75 Å². The van der Waals surface area contributed by atoms with Crippen LogP contribution in [0.2, 0.25) is 0 Å². The van der Waals surface area contributed by atoms with Gasteiger partial charge in [0.1, 0.15) is 10.6 Å². The molecule has 0 bridgehead atoms. The van der Waals surface area contributed by atoms with Crippen LogP contribution < -0.4 is 15.4 Å². The molecule has 22 heavy (non-hydrogen) atoms. The Labute approximate surface area is 141 Å². The summed E-state index contributed by atoms with van der Waals surface area (Å²) in [6.45, 7) is 4.31. The highest BCUT2D eigenvalue weighted by atomic mass is 35.5. The Bertz CT molecular complexity index is 587. The molecule has 120 valence electrons. The Morgan fingerprint density at radius 3 is 2.59 bits per heavy atom. The Morgan fingerprint density at radius 1 is 1.23 bits per heavy atom. The van der Waals surface area contributed by atoms with E-state index < -0.39 is 0 Å². The molecule has 2 aromatic rings. The van der Waals surface area contributed by atoms with Crippen LogP contribution in [0.1, 0.15) is 16.6 Å². The highest BCUT2D eigenvalue weighted by Crippen LogP contribution is 2.35. The summed E-state index contributed by atoms with van der Waals surface area (Å²) in [4.78, 5) is 13.9. The van der Waals surface area contributed by atoms with Gasteiger partial charge in [-0.05, 0) is 18.2 Å². The lowest BCUT2D eigenvalue weighted by Gasteiger charge is -2.05. The van der Waals surface area contributed by atoms with Crippen molar-refractivity contribution in [2.24, 2.45) is 0 Å². The fourth-order valence-electron chi connectivity index (χ4n) is 1.95. The first-order valence-electron chi connectivity index (χ1n) is 6.98. The normalized spacial score (nSPS) is 9.91. The van der Waals surface area contributed by atoms with E-state index in [0.717, 1.165) is 23.5 Å². The van der Waals surface area contributed by atoms with Crippen LogP contribution in [0.15, 0.2) is 36.4 Å². The molecule has 0 radical (unpaired) electrons. The summed E-state index contributed by atoms with van der Waals surface area (Å²) in [6.07, 6.45) is 0. The van der Waals surface area contributed by atoms with Crippen LogP contribution in [-0.2, 0) is 0 Å². The van der Waals surface area contributed by atoms with Crippen LogP contribution in [0, 0.1) is 0 Å². The van der Waals surface area contributed by atoms with Gasteiger partial charge in [0.15, 0.2) is 0 Å². The minimum atomic E-state index is -0.0862. The van der Waals surface area contributed by atoms with E-state index in [2.05, 4.69) is 10.6 Å². The average molecular weight is 341 g/mol. The third-order valence-electron chi connectivity index (χ3n) is 3.02.